The van der Waals surface area contributed by atoms with Crippen molar-refractivity contribution in [1.82, 2.24) is 9.55 Å². The van der Waals surface area contributed by atoms with Gasteiger partial charge in [-0.2, -0.15) is 4.98 Å². The van der Waals surface area contributed by atoms with Crippen LogP contribution in [0.1, 0.15) is 68.9 Å². The molecule has 0 amide bonds. The molecule has 0 saturated heterocycles. The molecule has 2 unspecified atom stereocenters. The smallest absolute Gasteiger partial charge is 0.348 e. The summed E-state index contributed by atoms with van der Waals surface area (Å²) in [5.41, 5.74) is 1.73. The standard InChI is InChI=1S/C16H24N2O3/c1-9(14(19)20)13-10(2)17-15(21)18(11(13)3)12-7-6-8-16(12,4)5/h9,12H,6-8H2,1-5H3,(H,19,20). The summed E-state index contributed by atoms with van der Waals surface area (Å²) in [4.78, 5) is 27.8. The first kappa shape index (κ1) is 15.7. The molecule has 1 aromatic heterocycles. The lowest BCUT2D eigenvalue weighted by Gasteiger charge is -2.31. The fraction of sp³-hybridized carbons (Fsp3) is 0.688. The lowest BCUT2D eigenvalue weighted by atomic mass is 9.86. The van der Waals surface area contributed by atoms with Gasteiger partial charge in [0.1, 0.15) is 0 Å². The van der Waals surface area contributed by atoms with Crippen LogP contribution in [0.4, 0.5) is 0 Å². The number of carbonyl (C=O) groups is 1. The predicted octanol–water partition coefficient (Wildman–Crippen LogP) is 2.80. The van der Waals surface area contributed by atoms with Crippen molar-refractivity contribution in [2.75, 3.05) is 0 Å². The van der Waals surface area contributed by atoms with Crippen molar-refractivity contribution in [2.24, 2.45) is 5.41 Å². The summed E-state index contributed by atoms with van der Waals surface area (Å²) in [6.07, 6.45) is 3.10. The van der Waals surface area contributed by atoms with Crippen molar-refractivity contribution in [3.63, 3.8) is 0 Å². The third-order valence-electron chi connectivity index (χ3n) is 4.93. The fourth-order valence-corrected chi connectivity index (χ4v) is 3.70. The average Bonchev–Trinajstić information content (AvgIpc) is 2.68. The number of carboxylic acids is 1. The number of rotatable bonds is 3. The molecule has 2 atom stereocenters. The summed E-state index contributed by atoms with van der Waals surface area (Å²) in [6, 6.07) is 0.0952. The molecule has 116 valence electrons. The second-order valence-electron chi connectivity index (χ2n) is 6.81. The summed E-state index contributed by atoms with van der Waals surface area (Å²) in [5.74, 6) is -1.55. The van der Waals surface area contributed by atoms with E-state index in [4.69, 9.17) is 0 Å². The van der Waals surface area contributed by atoms with Crippen LogP contribution in [0.15, 0.2) is 4.79 Å². The van der Waals surface area contributed by atoms with Gasteiger partial charge in [-0.05, 0) is 39.0 Å². The second-order valence-corrected chi connectivity index (χ2v) is 6.81. The minimum atomic E-state index is -0.890. The highest BCUT2D eigenvalue weighted by molar-refractivity contribution is 5.76. The molecule has 1 N–H and O–H groups in total. The van der Waals surface area contributed by atoms with E-state index in [-0.39, 0.29) is 17.1 Å². The number of hydrogen-bond acceptors (Lipinski definition) is 3. The average molecular weight is 292 g/mol. The molecule has 0 aromatic carbocycles. The number of hydrogen-bond donors (Lipinski definition) is 1. The molecule has 0 aliphatic heterocycles. The van der Waals surface area contributed by atoms with Gasteiger partial charge in [-0.1, -0.05) is 20.3 Å². The first-order chi connectivity index (χ1) is 9.66. The molecule has 5 nitrogen and oxygen atoms in total. The molecule has 2 rings (SSSR count). The van der Waals surface area contributed by atoms with Crippen LogP contribution in [0.3, 0.4) is 0 Å². The van der Waals surface area contributed by atoms with Gasteiger partial charge in [0.25, 0.3) is 0 Å². The molecule has 5 heteroatoms. The van der Waals surface area contributed by atoms with Crippen molar-refractivity contribution in [3.05, 3.63) is 27.4 Å². The van der Waals surface area contributed by atoms with Gasteiger partial charge in [-0.15, -0.1) is 0 Å². The zero-order valence-corrected chi connectivity index (χ0v) is 13.4. The highest BCUT2D eigenvalue weighted by atomic mass is 16.4. The Morgan fingerprint density at radius 2 is 2.05 bits per heavy atom. The van der Waals surface area contributed by atoms with Crippen molar-refractivity contribution in [2.45, 2.75) is 65.8 Å². The van der Waals surface area contributed by atoms with E-state index in [9.17, 15) is 14.7 Å². The molecule has 1 aromatic rings. The van der Waals surface area contributed by atoms with Gasteiger partial charge in [0.05, 0.1) is 5.92 Å². The first-order valence-corrected chi connectivity index (χ1v) is 7.49. The normalized spacial score (nSPS) is 22.2. The van der Waals surface area contributed by atoms with Gasteiger partial charge in [-0.3, -0.25) is 9.36 Å². The van der Waals surface area contributed by atoms with E-state index in [0.29, 0.717) is 11.3 Å². The molecule has 0 spiro atoms. The van der Waals surface area contributed by atoms with E-state index in [1.165, 1.54) is 0 Å². The Hall–Kier alpha value is -1.65. The molecule has 1 heterocycles. The quantitative estimate of drug-likeness (QED) is 0.929. The summed E-state index contributed by atoms with van der Waals surface area (Å²) < 4.78 is 1.73. The Balaban J connectivity index is 2.65. The van der Waals surface area contributed by atoms with E-state index >= 15 is 0 Å². The van der Waals surface area contributed by atoms with Crippen molar-refractivity contribution < 1.29 is 9.90 Å². The van der Waals surface area contributed by atoms with Gasteiger partial charge >= 0.3 is 11.7 Å². The Bertz CT molecular complexity index is 631. The monoisotopic (exact) mass is 292 g/mol. The van der Waals surface area contributed by atoms with E-state index < -0.39 is 11.9 Å². The van der Waals surface area contributed by atoms with Gasteiger partial charge in [-0.25, -0.2) is 4.79 Å². The molecule has 1 aliphatic carbocycles. The van der Waals surface area contributed by atoms with Gasteiger partial charge < -0.3 is 5.11 Å². The number of aryl methyl sites for hydroxylation is 1. The van der Waals surface area contributed by atoms with Crippen LogP contribution in [-0.4, -0.2) is 20.6 Å². The maximum absolute atomic E-state index is 12.4. The maximum Gasteiger partial charge on any atom is 0.348 e. The Morgan fingerprint density at radius 3 is 2.52 bits per heavy atom. The SMILES string of the molecule is Cc1nc(=O)n(C2CCCC2(C)C)c(C)c1C(C)C(=O)O. The highest BCUT2D eigenvalue weighted by Crippen LogP contribution is 2.46. The van der Waals surface area contributed by atoms with Crippen LogP contribution in [0.2, 0.25) is 0 Å². The number of aromatic nitrogens is 2. The van der Waals surface area contributed by atoms with Crippen LogP contribution >= 0.6 is 0 Å². The van der Waals surface area contributed by atoms with Crippen molar-refractivity contribution in [1.29, 1.82) is 0 Å². The third-order valence-corrected chi connectivity index (χ3v) is 4.93. The second kappa shape index (κ2) is 5.28. The van der Waals surface area contributed by atoms with Gasteiger partial charge in [0.2, 0.25) is 0 Å². The van der Waals surface area contributed by atoms with Gasteiger partial charge in [0, 0.05) is 23.0 Å². The van der Waals surface area contributed by atoms with Crippen molar-refractivity contribution in [3.8, 4) is 0 Å². The molecule has 1 aliphatic rings. The molecule has 1 saturated carbocycles. The zero-order valence-electron chi connectivity index (χ0n) is 13.4. The molecule has 0 bridgehead atoms. The predicted molar refractivity (Wildman–Crippen MR) is 80.7 cm³/mol. The van der Waals surface area contributed by atoms with Crippen LogP contribution in [0.5, 0.6) is 0 Å². The number of aliphatic carboxylic acids is 1. The molecular formula is C16H24N2O3. The summed E-state index contributed by atoms with van der Waals surface area (Å²) in [7, 11) is 0. The molecule has 21 heavy (non-hydrogen) atoms. The minimum Gasteiger partial charge on any atom is -0.481 e. The first-order valence-electron chi connectivity index (χ1n) is 7.49. The van der Waals surface area contributed by atoms with E-state index in [0.717, 1.165) is 25.0 Å². The summed E-state index contributed by atoms with van der Waals surface area (Å²) >= 11 is 0. The zero-order chi connectivity index (χ0) is 15.9. The lowest BCUT2D eigenvalue weighted by molar-refractivity contribution is -0.138. The minimum absolute atomic E-state index is 0.0370. The molecular weight excluding hydrogens is 268 g/mol. The highest BCUT2D eigenvalue weighted by Gasteiger charge is 2.38. The Morgan fingerprint density at radius 1 is 1.43 bits per heavy atom. The molecule has 0 radical (unpaired) electrons. The number of nitrogens with zero attached hydrogens (tertiary/aromatic N) is 2. The lowest BCUT2D eigenvalue weighted by Crippen LogP contribution is -2.36. The largest absolute Gasteiger partial charge is 0.481 e. The van der Waals surface area contributed by atoms with Crippen LogP contribution < -0.4 is 5.69 Å². The van der Waals surface area contributed by atoms with Crippen LogP contribution in [-0.2, 0) is 4.79 Å². The Labute approximate surface area is 125 Å². The summed E-state index contributed by atoms with van der Waals surface area (Å²) in [5, 5.41) is 9.30. The van der Waals surface area contributed by atoms with E-state index in [1.54, 1.807) is 18.4 Å². The molecule has 1 fully saturated rings. The van der Waals surface area contributed by atoms with E-state index in [1.807, 2.05) is 6.92 Å². The fourth-order valence-electron chi connectivity index (χ4n) is 3.70. The summed E-state index contributed by atoms with van der Waals surface area (Å²) in [6.45, 7) is 9.54. The topological polar surface area (TPSA) is 72.2 Å². The number of carboxylic acid groups (broad SMARTS) is 1. The third kappa shape index (κ3) is 2.61. The van der Waals surface area contributed by atoms with Crippen LogP contribution in [0, 0.1) is 19.3 Å². The van der Waals surface area contributed by atoms with Crippen molar-refractivity contribution >= 4 is 5.97 Å². The van der Waals surface area contributed by atoms with E-state index in [2.05, 4.69) is 18.8 Å². The van der Waals surface area contributed by atoms with Gasteiger partial charge in [0.15, 0.2) is 0 Å². The maximum atomic E-state index is 12.4. The Kier molecular flexibility index (Phi) is 3.95. The van der Waals surface area contributed by atoms with Crippen LogP contribution in [0.25, 0.3) is 0 Å².